The topological polar surface area (TPSA) is 41.1 Å². The number of thioether (sulfide) groups is 1. The molecule has 1 unspecified atom stereocenters. The Morgan fingerprint density at radius 2 is 2.13 bits per heavy atom. The monoisotopic (exact) mass is 330 g/mol. The molecule has 0 radical (unpaired) electrons. The van der Waals surface area contributed by atoms with Crippen LogP contribution in [0.4, 0.5) is 10.1 Å². The van der Waals surface area contributed by atoms with Gasteiger partial charge in [0.15, 0.2) is 0 Å². The van der Waals surface area contributed by atoms with Crippen LogP contribution in [0, 0.1) is 5.82 Å². The lowest BCUT2D eigenvalue weighted by Crippen LogP contribution is -2.35. The predicted octanol–water partition coefficient (Wildman–Crippen LogP) is 3.91. The van der Waals surface area contributed by atoms with Gasteiger partial charge in [0, 0.05) is 4.90 Å². The minimum absolute atomic E-state index is 0.168. The highest BCUT2D eigenvalue weighted by atomic mass is 32.2. The second-order valence-electron chi connectivity index (χ2n) is 5.53. The van der Waals surface area contributed by atoms with Crippen molar-refractivity contribution in [3.63, 3.8) is 0 Å². The number of hydrogen-bond donors (Lipinski definition) is 2. The second kappa shape index (κ2) is 7.15. The molecule has 0 aromatic heterocycles. The quantitative estimate of drug-likeness (QED) is 0.835. The smallest absolute Gasteiger partial charge is 0.241 e. The van der Waals surface area contributed by atoms with Crippen LogP contribution in [-0.4, -0.2) is 24.7 Å². The SMILES string of the molecule is CSc1ccccc1-c1ccc(NC(=O)C2CCCN2)c(F)c1. The van der Waals surface area contributed by atoms with Gasteiger partial charge < -0.3 is 10.6 Å². The van der Waals surface area contributed by atoms with Gasteiger partial charge in [0.05, 0.1) is 11.7 Å². The minimum atomic E-state index is -0.412. The highest BCUT2D eigenvalue weighted by molar-refractivity contribution is 7.98. The first-order valence-corrected chi connectivity index (χ1v) is 8.88. The average molecular weight is 330 g/mol. The molecule has 2 N–H and O–H groups in total. The van der Waals surface area contributed by atoms with Crippen LogP contribution < -0.4 is 10.6 Å². The zero-order valence-corrected chi connectivity index (χ0v) is 13.8. The average Bonchev–Trinajstić information content (AvgIpc) is 3.11. The summed E-state index contributed by atoms with van der Waals surface area (Å²) in [6, 6.07) is 12.6. The van der Waals surface area contributed by atoms with Crippen molar-refractivity contribution in [2.45, 2.75) is 23.8 Å². The Hall–Kier alpha value is -1.85. The van der Waals surface area contributed by atoms with Gasteiger partial charge in [-0.1, -0.05) is 24.3 Å². The highest BCUT2D eigenvalue weighted by Gasteiger charge is 2.22. The minimum Gasteiger partial charge on any atom is -0.322 e. The molecule has 1 aliphatic heterocycles. The van der Waals surface area contributed by atoms with E-state index in [4.69, 9.17) is 0 Å². The zero-order valence-electron chi connectivity index (χ0n) is 12.9. The Morgan fingerprint density at radius 1 is 1.30 bits per heavy atom. The molecule has 1 amide bonds. The van der Waals surface area contributed by atoms with Crippen molar-refractivity contribution in [2.24, 2.45) is 0 Å². The molecule has 23 heavy (non-hydrogen) atoms. The first kappa shape index (κ1) is 16.0. The molecule has 1 aliphatic rings. The van der Waals surface area contributed by atoms with Crippen LogP contribution in [0.3, 0.4) is 0 Å². The number of amides is 1. The van der Waals surface area contributed by atoms with Gasteiger partial charge in [-0.25, -0.2) is 4.39 Å². The molecule has 3 nitrogen and oxygen atoms in total. The van der Waals surface area contributed by atoms with Crippen molar-refractivity contribution in [2.75, 3.05) is 18.1 Å². The summed E-state index contributed by atoms with van der Waals surface area (Å²) in [4.78, 5) is 13.2. The highest BCUT2D eigenvalue weighted by Crippen LogP contribution is 2.31. The fraction of sp³-hybridized carbons (Fsp3) is 0.278. The van der Waals surface area contributed by atoms with Gasteiger partial charge in [0.1, 0.15) is 5.82 Å². The number of rotatable bonds is 4. The van der Waals surface area contributed by atoms with Crippen molar-refractivity contribution < 1.29 is 9.18 Å². The van der Waals surface area contributed by atoms with Crippen LogP contribution in [-0.2, 0) is 4.79 Å². The lowest BCUT2D eigenvalue weighted by Gasteiger charge is -2.13. The Kier molecular flexibility index (Phi) is 4.98. The van der Waals surface area contributed by atoms with Crippen LogP contribution in [0.25, 0.3) is 11.1 Å². The van der Waals surface area contributed by atoms with E-state index in [1.807, 2.05) is 36.6 Å². The number of benzene rings is 2. The van der Waals surface area contributed by atoms with E-state index >= 15 is 0 Å². The third kappa shape index (κ3) is 3.57. The van der Waals surface area contributed by atoms with E-state index in [-0.39, 0.29) is 17.6 Å². The molecule has 2 aromatic rings. The summed E-state index contributed by atoms with van der Waals surface area (Å²) < 4.78 is 14.4. The number of carbonyl (C=O) groups excluding carboxylic acids is 1. The van der Waals surface area contributed by atoms with Gasteiger partial charge >= 0.3 is 0 Å². The van der Waals surface area contributed by atoms with Crippen molar-refractivity contribution in [1.29, 1.82) is 0 Å². The summed E-state index contributed by atoms with van der Waals surface area (Å²) in [5.74, 6) is -0.580. The summed E-state index contributed by atoms with van der Waals surface area (Å²) in [7, 11) is 0. The zero-order chi connectivity index (χ0) is 16.2. The Morgan fingerprint density at radius 3 is 2.83 bits per heavy atom. The van der Waals surface area contributed by atoms with Crippen molar-refractivity contribution in [1.82, 2.24) is 5.32 Å². The molecule has 5 heteroatoms. The number of anilines is 1. The number of carbonyl (C=O) groups is 1. The van der Waals surface area contributed by atoms with Crippen LogP contribution in [0.5, 0.6) is 0 Å². The van der Waals surface area contributed by atoms with Crippen LogP contribution in [0.2, 0.25) is 0 Å². The van der Waals surface area contributed by atoms with Crippen LogP contribution >= 0.6 is 11.8 Å². The Balaban J connectivity index is 1.81. The molecule has 1 atom stereocenters. The normalized spacial score (nSPS) is 17.2. The van der Waals surface area contributed by atoms with E-state index in [9.17, 15) is 9.18 Å². The first-order chi connectivity index (χ1) is 11.2. The lowest BCUT2D eigenvalue weighted by atomic mass is 10.0. The van der Waals surface area contributed by atoms with E-state index in [2.05, 4.69) is 10.6 Å². The van der Waals surface area contributed by atoms with Crippen molar-refractivity contribution in [3.8, 4) is 11.1 Å². The second-order valence-corrected chi connectivity index (χ2v) is 6.38. The van der Waals surface area contributed by atoms with Crippen molar-refractivity contribution >= 4 is 23.4 Å². The summed E-state index contributed by atoms with van der Waals surface area (Å²) in [5, 5.41) is 5.79. The molecule has 2 aromatic carbocycles. The van der Waals surface area contributed by atoms with Crippen LogP contribution in [0.1, 0.15) is 12.8 Å². The maximum atomic E-state index is 14.4. The molecule has 0 aliphatic carbocycles. The van der Waals surface area contributed by atoms with E-state index in [1.165, 1.54) is 6.07 Å². The molecule has 0 bridgehead atoms. The summed E-state index contributed by atoms with van der Waals surface area (Å²) in [6.45, 7) is 0.838. The predicted molar refractivity (Wildman–Crippen MR) is 93.3 cm³/mol. The van der Waals surface area contributed by atoms with E-state index in [0.29, 0.717) is 0 Å². The molecule has 1 saturated heterocycles. The van der Waals surface area contributed by atoms with Gasteiger partial charge in [-0.2, -0.15) is 0 Å². The van der Waals surface area contributed by atoms with Crippen LogP contribution in [0.15, 0.2) is 47.4 Å². The Bertz CT molecular complexity index is 714. The summed E-state index contributed by atoms with van der Waals surface area (Å²) in [5.41, 5.74) is 2.03. The number of halogens is 1. The maximum absolute atomic E-state index is 14.4. The summed E-state index contributed by atoms with van der Waals surface area (Å²) >= 11 is 1.63. The van der Waals surface area contributed by atoms with Gasteiger partial charge in [-0.3, -0.25) is 4.79 Å². The fourth-order valence-electron chi connectivity index (χ4n) is 2.80. The molecular weight excluding hydrogens is 311 g/mol. The molecule has 0 saturated carbocycles. The maximum Gasteiger partial charge on any atom is 0.241 e. The number of hydrogen-bond acceptors (Lipinski definition) is 3. The van der Waals surface area contributed by atoms with E-state index in [1.54, 1.807) is 17.8 Å². The Labute approximate surface area is 139 Å². The molecule has 1 heterocycles. The third-order valence-corrected chi connectivity index (χ3v) is 4.82. The third-order valence-electron chi connectivity index (χ3n) is 4.02. The van der Waals surface area contributed by atoms with Gasteiger partial charge in [-0.05, 0) is 55.0 Å². The lowest BCUT2D eigenvalue weighted by molar-refractivity contribution is -0.117. The van der Waals surface area contributed by atoms with Gasteiger partial charge in [0.2, 0.25) is 5.91 Å². The van der Waals surface area contributed by atoms with Gasteiger partial charge in [0.25, 0.3) is 0 Å². The largest absolute Gasteiger partial charge is 0.322 e. The van der Waals surface area contributed by atoms with E-state index < -0.39 is 5.82 Å². The molecular formula is C18H19FN2OS. The number of nitrogens with one attached hydrogen (secondary N) is 2. The molecule has 1 fully saturated rings. The first-order valence-electron chi connectivity index (χ1n) is 7.66. The molecule has 120 valence electrons. The van der Waals surface area contributed by atoms with Gasteiger partial charge in [-0.15, -0.1) is 11.8 Å². The van der Waals surface area contributed by atoms with E-state index in [0.717, 1.165) is 35.4 Å². The summed E-state index contributed by atoms with van der Waals surface area (Å²) in [6.07, 6.45) is 3.77. The molecule has 3 rings (SSSR count). The fourth-order valence-corrected chi connectivity index (χ4v) is 3.42. The van der Waals surface area contributed by atoms with Crippen molar-refractivity contribution in [3.05, 3.63) is 48.3 Å². The standard InChI is InChI=1S/C18H19FN2OS/c1-23-17-7-3-2-5-13(17)12-8-9-15(14(19)11-12)21-18(22)16-6-4-10-20-16/h2-3,5,7-9,11,16,20H,4,6,10H2,1H3,(H,21,22). The molecule has 0 spiro atoms.